The lowest BCUT2D eigenvalue weighted by molar-refractivity contribution is 0.336. The van der Waals surface area contributed by atoms with Gasteiger partial charge in [-0.05, 0) is 48.9 Å². The predicted molar refractivity (Wildman–Crippen MR) is 77.4 cm³/mol. The quantitative estimate of drug-likeness (QED) is 0.833. The van der Waals surface area contributed by atoms with E-state index in [-0.39, 0.29) is 5.41 Å². The lowest BCUT2D eigenvalue weighted by Gasteiger charge is -2.23. The van der Waals surface area contributed by atoms with Gasteiger partial charge < -0.3 is 5.73 Å². The van der Waals surface area contributed by atoms with Gasteiger partial charge in [0.1, 0.15) is 0 Å². The van der Waals surface area contributed by atoms with Gasteiger partial charge >= 0.3 is 0 Å². The van der Waals surface area contributed by atoms with Gasteiger partial charge in [-0.1, -0.05) is 19.8 Å². The predicted octanol–water partition coefficient (Wildman–Crippen LogP) is 2.44. The third-order valence-electron chi connectivity index (χ3n) is 4.05. The summed E-state index contributed by atoms with van der Waals surface area (Å²) in [5, 5.41) is 0. The highest BCUT2D eigenvalue weighted by Gasteiger charge is 2.30. The van der Waals surface area contributed by atoms with Crippen molar-refractivity contribution in [1.82, 2.24) is 4.72 Å². The summed E-state index contributed by atoms with van der Waals surface area (Å²) in [7, 11) is -3.43. The molecule has 2 rings (SSSR count). The summed E-state index contributed by atoms with van der Waals surface area (Å²) in [5.74, 6) is 0. The number of nitrogen functional groups attached to an aromatic ring is 1. The number of rotatable bonds is 4. The SMILES string of the molecule is Cc1cc(S(=O)(=O)NCC2(C)CCCC2)ccc1N. The van der Waals surface area contributed by atoms with Crippen molar-refractivity contribution in [3.63, 3.8) is 0 Å². The molecule has 0 bridgehead atoms. The molecule has 0 amide bonds. The van der Waals surface area contributed by atoms with Crippen molar-refractivity contribution in [3.05, 3.63) is 23.8 Å². The molecular formula is C14H22N2O2S. The van der Waals surface area contributed by atoms with Crippen LogP contribution in [0.5, 0.6) is 0 Å². The van der Waals surface area contributed by atoms with Crippen LogP contribution in [-0.4, -0.2) is 15.0 Å². The number of sulfonamides is 1. The minimum Gasteiger partial charge on any atom is -0.399 e. The first-order valence-electron chi connectivity index (χ1n) is 6.68. The van der Waals surface area contributed by atoms with Gasteiger partial charge in [-0.25, -0.2) is 13.1 Å². The summed E-state index contributed by atoms with van der Waals surface area (Å²) in [4.78, 5) is 0.292. The molecule has 0 aromatic heterocycles. The molecule has 0 saturated heterocycles. The summed E-state index contributed by atoms with van der Waals surface area (Å²) in [6, 6.07) is 4.82. The zero-order chi connectivity index (χ0) is 14.1. The third kappa shape index (κ3) is 3.28. The number of nitrogens with one attached hydrogen (secondary N) is 1. The fourth-order valence-electron chi connectivity index (χ4n) is 2.57. The van der Waals surface area contributed by atoms with Gasteiger partial charge in [0.15, 0.2) is 0 Å². The molecule has 0 aliphatic heterocycles. The van der Waals surface area contributed by atoms with Crippen LogP contribution in [0.1, 0.15) is 38.2 Å². The maximum absolute atomic E-state index is 12.2. The van der Waals surface area contributed by atoms with Crippen molar-refractivity contribution < 1.29 is 8.42 Å². The number of anilines is 1. The van der Waals surface area contributed by atoms with Crippen molar-refractivity contribution in [3.8, 4) is 0 Å². The number of hydrogen-bond acceptors (Lipinski definition) is 3. The Hall–Kier alpha value is -1.07. The van der Waals surface area contributed by atoms with Crippen LogP contribution in [0.25, 0.3) is 0 Å². The monoisotopic (exact) mass is 282 g/mol. The minimum absolute atomic E-state index is 0.107. The highest BCUT2D eigenvalue weighted by atomic mass is 32.2. The normalized spacial score (nSPS) is 18.6. The smallest absolute Gasteiger partial charge is 0.240 e. The van der Waals surface area contributed by atoms with Crippen molar-refractivity contribution in [2.24, 2.45) is 5.41 Å². The molecule has 1 aliphatic rings. The lowest BCUT2D eigenvalue weighted by atomic mass is 9.89. The van der Waals surface area contributed by atoms with Gasteiger partial charge in [0.05, 0.1) is 4.90 Å². The zero-order valence-electron chi connectivity index (χ0n) is 11.6. The molecule has 1 aromatic rings. The van der Waals surface area contributed by atoms with Crippen molar-refractivity contribution in [1.29, 1.82) is 0 Å². The standard InChI is InChI=1S/C14H22N2O2S/c1-11-9-12(5-6-13(11)15)19(17,18)16-10-14(2)7-3-4-8-14/h5-6,9,16H,3-4,7-8,10,15H2,1-2H3. The van der Waals surface area contributed by atoms with E-state index in [4.69, 9.17) is 5.73 Å². The first-order valence-corrected chi connectivity index (χ1v) is 8.17. The minimum atomic E-state index is -3.43. The van der Waals surface area contributed by atoms with Gasteiger partial charge in [0, 0.05) is 12.2 Å². The Morgan fingerprint density at radius 1 is 1.32 bits per heavy atom. The summed E-state index contributed by atoms with van der Waals surface area (Å²) in [5.41, 5.74) is 7.22. The average Bonchev–Trinajstić information content (AvgIpc) is 2.78. The Bertz CT molecular complexity index is 561. The van der Waals surface area contributed by atoms with Gasteiger partial charge in [-0.2, -0.15) is 0 Å². The summed E-state index contributed by atoms with van der Waals surface area (Å²) in [6.07, 6.45) is 4.57. The fraction of sp³-hybridized carbons (Fsp3) is 0.571. The molecular weight excluding hydrogens is 260 g/mol. The molecule has 5 heteroatoms. The van der Waals surface area contributed by atoms with Gasteiger partial charge in [0.25, 0.3) is 0 Å². The molecule has 4 nitrogen and oxygen atoms in total. The number of nitrogens with two attached hydrogens (primary N) is 1. The van der Waals surface area contributed by atoms with E-state index in [0.29, 0.717) is 17.1 Å². The first kappa shape index (κ1) is 14.3. The van der Waals surface area contributed by atoms with Crippen LogP contribution < -0.4 is 10.5 Å². The number of aryl methyl sites for hydroxylation is 1. The summed E-state index contributed by atoms with van der Waals surface area (Å²) in [6.45, 7) is 4.47. The van der Waals surface area contributed by atoms with Crippen LogP contribution in [0.4, 0.5) is 5.69 Å². The topological polar surface area (TPSA) is 72.2 Å². The first-order chi connectivity index (χ1) is 8.82. The second kappa shape index (κ2) is 5.13. The van der Waals surface area contributed by atoms with E-state index in [2.05, 4.69) is 11.6 Å². The maximum Gasteiger partial charge on any atom is 0.240 e. The van der Waals surface area contributed by atoms with E-state index < -0.39 is 10.0 Å². The van der Waals surface area contributed by atoms with Crippen LogP contribution in [0.2, 0.25) is 0 Å². The largest absolute Gasteiger partial charge is 0.399 e. The molecule has 1 aliphatic carbocycles. The van der Waals surface area contributed by atoms with Gasteiger partial charge in [-0.3, -0.25) is 0 Å². The Balaban J connectivity index is 2.11. The molecule has 1 aromatic carbocycles. The molecule has 0 spiro atoms. The molecule has 1 fully saturated rings. The lowest BCUT2D eigenvalue weighted by Crippen LogP contribution is -2.34. The van der Waals surface area contributed by atoms with Crippen LogP contribution in [-0.2, 0) is 10.0 Å². The molecule has 19 heavy (non-hydrogen) atoms. The Labute approximate surface area is 115 Å². The van der Waals surface area contributed by atoms with Crippen LogP contribution in [0.3, 0.4) is 0 Å². The Kier molecular flexibility index (Phi) is 3.87. The van der Waals surface area contributed by atoms with Crippen molar-refractivity contribution in [2.45, 2.75) is 44.4 Å². The third-order valence-corrected chi connectivity index (χ3v) is 5.45. The second-order valence-corrected chi connectivity index (χ2v) is 7.63. The molecule has 0 unspecified atom stereocenters. The van der Waals surface area contributed by atoms with Crippen LogP contribution in [0, 0.1) is 12.3 Å². The molecule has 106 valence electrons. The van der Waals surface area contributed by atoms with Crippen molar-refractivity contribution >= 4 is 15.7 Å². The highest BCUT2D eigenvalue weighted by molar-refractivity contribution is 7.89. The molecule has 1 saturated carbocycles. The number of benzene rings is 1. The van der Waals surface area contributed by atoms with E-state index in [0.717, 1.165) is 18.4 Å². The van der Waals surface area contributed by atoms with Gasteiger partial charge in [-0.15, -0.1) is 0 Å². The molecule has 0 atom stereocenters. The van der Waals surface area contributed by atoms with E-state index >= 15 is 0 Å². The summed E-state index contributed by atoms with van der Waals surface area (Å²) < 4.78 is 27.2. The molecule has 3 N–H and O–H groups in total. The van der Waals surface area contributed by atoms with Crippen LogP contribution in [0.15, 0.2) is 23.1 Å². The maximum atomic E-state index is 12.2. The highest BCUT2D eigenvalue weighted by Crippen LogP contribution is 2.37. The Morgan fingerprint density at radius 3 is 2.53 bits per heavy atom. The Morgan fingerprint density at radius 2 is 1.95 bits per heavy atom. The molecule has 0 heterocycles. The number of hydrogen-bond donors (Lipinski definition) is 2. The summed E-state index contributed by atoms with van der Waals surface area (Å²) >= 11 is 0. The second-order valence-electron chi connectivity index (χ2n) is 5.86. The zero-order valence-corrected chi connectivity index (χ0v) is 12.4. The fourth-order valence-corrected chi connectivity index (χ4v) is 3.86. The van der Waals surface area contributed by atoms with Crippen LogP contribution >= 0.6 is 0 Å². The van der Waals surface area contributed by atoms with Crippen molar-refractivity contribution in [2.75, 3.05) is 12.3 Å². The van der Waals surface area contributed by atoms with E-state index in [1.165, 1.54) is 12.8 Å². The van der Waals surface area contributed by atoms with E-state index in [9.17, 15) is 8.42 Å². The average molecular weight is 282 g/mol. The van der Waals surface area contributed by atoms with E-state index in [1.54, 1.807) is 18.2 Å². The van der Waals surface area contributed by atoms with E-state index in [1.807, 2.05) is 6.92 Å². The van der Waals surface area contributed by atoms with Gasteiger partial charge in [0.2, 0.25) is 10.0 Å². The molecule has 0 radical (unpaired) electrons.